The van der Waals surface area contributed by atoms with Crippen LogP contribution in [0.15, 0.2) is 18.2 Å². The molecule has 0 amide bonds. The lowest BCUT2D eigenvalue weighted by Gasteiger charge is -2.20. The maximum absolute atomic E-state index is 5.89. The van der Waals surface area contributed by atoms with Gasteiger partial charge < -0.3 is 5.73 Å². The minimum atomic E-state index is 0.287. The largest absolute Gasteiger partial charge is 0.328 e. The van der Waals surface area contributed by atoms with Crippen LogP contribution in [-0.2, 0) is 6.42 Å². The van der Waals surface area contributed by atoms with Crippen LogP contribution in [0.5, 0.6) is 0 Å². The summed E-state index contributed by atoms with van der Waals surface area (Å²) in [6.07, 6.45) is 2.18. The van der Waals surface area contributed by atoms with Crippen LogP contribution in [0.1, 0.15) is 69.6 Å². The molecule has 1 unspecified atom stereocenters. The molecule has 0 saturated carbocycles. The van der Waals surface area contributed by atoms with Gasteiger partial charge in [-0.15, -0.1) is 0 Å². The Bertz CT molecular complexity index is 324. The van der Waals surface area contributed by atoms with Gasteiger partial charge in [0.15, 0.2) is 0 Å². The minimum Gasteiger partial charge on any atom is -0.328 e. The fourth-order valence-electron chi connectivity index (χ4n) is 2.37. The van der Waals surface area contributed by atoms with Crippen LogP contribution < -0.4 is 5.73 Å². The van der Waals surface area contributed by atoms with Crippen molar-refractivity contribution in [1.29, 1.82) is 0 Å². The summed E-state index contributed by atoms with van der Waals surface area (Å²) >= 11 is 0. The van der Waals surface area contributed by atoms with Crippen LogP contribution in [0, 0.1) is 0 Å². The molecule has 0 aliphatic heterocycles. The Morgan fingerprint density at radius 3 is 1.76 bits per heavy atom. The topological polar surface area (TPSA) is 26.0 Å². The normalized spacial score (nSPS) is 13.4. The van der Waals surface area contributed by atoms with Gasteiger partial charge in [0.1, 0.15) is 0 Å². The van der Waals surface area contributed by atoms with Gasteiger partial charge in [0.2, 0.25) is 0 Å². The van der Waals surface area contributed by atoms with Crippen molar-refractivity contribution in [3.63, 3.8) is 0 Å². The van der Waals surface area contributed by atoms with E-state index >= 15 is 0 Å². The summed E-state index contributed by atoms with van der Waals surface area (Å²) in [5, 5.41) is 0. The van der Waals surface area contributed by atoms with Gasteiger partial charge >= 0.3 is 0 Å². The number of benzene rings is 1. The zero-order valence-corrected chi connectivity index (χ0v) is 12.0. The molecule has 1 atom stereocenters. The zero-order chi connectivity index (χ0) is 13.0. The van der Waals surface area contributed by atoms with E-state index in [2.05, 4.69) is 52.8 Å². The molecular formula is C16H27N. The van der Waals surface area contributed by atoms with Crippen LogP contribution in [0.25, 0.3) is 0 Å². The van der Waals surface area contributed by atoms with Gasteiger partial charge in [0, 0.05) is 6.04 Å². The van der Waals surface area contributed by atoms with E-state index in [9.17, 15) is 0 Å². The predicted octanol–water partition coefficient (Wildman–Crippen LogP) is 4.21. The Hall–Kier alpha value is -0.820. The summed E-state index contributed by atoms with van der Waals surface area (Å²) in [5.41, 5.74) is 10.4. The number of hydrogen-bond donors (Lipinski definition) is 1. The molecule has 17 heavy (non-hydrogen) atoms. The molecule has 0 aliphatic carbocycles. The van der Waals surface area contributed by atoms with Gasteiger partial charge in [0.05, 0.1) is 0 Å². The number of hydrogen-bond acceptors (Lipinski definition) is 1. The second kappa shape index (κ2) is 6.20. The summed E-state index contributed by atoms with van der Waals surface area (Å²) in [5.74, 6) is 1.19. The fourth-order valence-corrected chi connectivity index (χ4v) is 2.37. The Morgan fingerprint density at radius 1 is 0.941 bits per heavy atom. The van der Waals surface area contributed by atoms with Gasteiger partial charge in [-0.1, -0.05) is 45.9 Å². The molecule has 0 saturated heterocycles. The van der Waals surface area contributed by atoms with Crippen LogP contribution in [0.2, 0.25) is 0 Å². The molecule has 0 fully saturated rings. The van der Waals surface area contributed by atoms with Crippen molar-refractivity contribution in [1.82, 2.24) is 0 Å². The molecule has 0 bridgehead atoms. The van der Waals surface area contributed by atoms with Gasteiger partial charge in [-0.25, -0.2) is 0 Å². The quantitative estimate of drug-likeness (QED) is 0.810. The SMILES string of the molecule is CC(N)CCc1c(C(C)C)cccc1C(C)C. The van der Waals surface area contributed by atoms with Crippen molar-refractivity contribution in [3.05, 3.63) is 34.9 Å². The van der Waals surface area contributed by atoms with Gasteiger partial charge in [-0.3, -0.25) is 0 Å². The molecule has 0 radical (unpaired) electrons. The van der Waals surface area contributed by atoms with Crippen molar-refractivity contribution in [2.24, 2.45) is 5.73 Å². The summed E-state index contributed by atoms with van der Waals surface area (Å²) in [4.78, 5) is 0. The smallest absolute Gasteiger partial charge is 0.00136 e. The standard InChI is InChI=1S/C16H27N/c1-11(2)14-7-6-8-15(12(3)4)16(14)10-9-13(5)17/h6-8,11-13H,9-10,17H2,1-5H3. The van der Waals surface area contributed by atoms with Crippen LogP contribution in [0.3, 0.4) is 0 Å². The zero-order valence-electron chi connectivity index (χ0n) is 12.0. The number of rotatable bonds is 5. The third kappa shape index (κ3) is 3.85. The summed E-state index contributed by atoms with van der Waals surface area (Å²) in [6, 6.07) is 7.02. The van der Waals surface area contributed by atoms with Crippen LogP contribution >= 0.6 is 0 Å². The maximum atomic E-state index is 5.89. The van der Waals surface area contributed by atoms with Crippen molar-refractivity contribution in [3.8, 4) is 0 Å². The van der Waals surface area contributed by atoms with E-state index < -0.39 is 0 Å². The second-order valence-electron chi connectivity index (χ2n) is 5.74. The third-order valence-electron chi connectivity index (χ3n) is 3.34. The fraction of sp³-hybridized carbons (Fsp3) is 0.625. The molecule has 0 aromatic heterocycles. The number of nitrogens with two attached hydrogens (primary N) is 1. The van der Waals surface area contributed by atoms with Gasteiger partial charge in [-0.05, 0) is 48.3 Å². The molecule has 1 rings (SSSR count). The molecule has 1 nitrogen and oxygen atoms in total. The van der Waals surface area contributed by atoms with E-state index in [1.54, 1.807) is 0 Å². The van der Waals surface area contributed by atoms with E-state index in [0.29, 0.717) is 11.8 Å². The molecule has 0 aliphatic rings. The molecule has 1 aromatic rings. The minimum absolute atomic E-state index is 0.287. The van der Waals surface area contributed by atoms with E-state index in [-0.39, 0.29) is 6.04 Å². The average Bonchev–Trinajstić information content (AvgIpc) is 2.25. The Balaban J connectivity index is 3.09. The first-order valence-corrected chi connectivity index (χ1v) is 6.80. The van der Waals surface area contributed by atoms with Crippen molar-refractivity contribution in [2.45, 2.75) is 65.3 Å². The van der Waals surface area contributed by atoms with E-state index in [4.69, 9.17) is 5.73 Å². The van der Waals surface area contributed by atoms with Crippen LogP contribution in [-0.4, -0.2) is 6.04 Å². The summed E-state index contributed by atoms with van der Waals surface area (Å²) < 4.78 is 0. The molecule has 96 valence electrons. The van der Waals surface area contributed by atoms with Crippen molar-refractivity contribution < 1.29 is 0 Å². The Kier molecular flexibility index (Phi) is 5.20. The summed E-state index contributed by atoms with van der Waals surface area (Å²) in [6.45, 7) is 11.2. The van der Waals surface area contributed by atoms with E-state index in [1.807, 2.05) is 0 Å². The highest BCUT2D eigenvalue weighted by Crippen LogP contribution is 2.28. The lowest BCUT2D eigenvalue weighted by atomic mass is 9.86. The first-order chi connectivity index (χ1) is 7.93. The van der Waals surface area contributed by atoms with Crippen LogP contribution in [0.4, 0.5) is 0 Å². The Morgan fingerprint density at radius 2 is 1.41 bits per heavy atom. The van der Waals surface area contributed by atoms with E-state index in [1.165, 1.54) is 16.7 Å². The third-order valence-corrected chi connectivity index (χ3v) is 3.34. The molecule has 2 N–H and O–H groups in total. The van der Waals surface area contributed by atoms with Crippen molar-refractivity contribution >= 4 is 0 Å². The molecule has 1 aromatic carbocycles. The second-order valence-corrected chi connectivity index (χ2v) is 5.74. The Labute approximate surface area is 106 Å². The highest BCUT2D eigenvalue weighted by molar-refractivity contribution is 5.39. The predicted molar refractivity (Wildman–Crippen MR) is 76.6 cm³/mol. The monoisotopic (exact) mass is 233 g/mol. The first kappa shape index (κ1) is 14.2. The maximum Gasteiger partial charge on any atom is 0.00136 e. The van der Waals surface area contributed by atoms with E-state index in [0.717, 1.165) is 12.8 Å². The molecule has 0 heterocycles. The summed E-state index contributed by atoms with van der Waals surface area (Å²) in [7, 11) is 0. The first-order valence-electron chi connectivity index (χ1n) is 6.80. The lowest BCUT2D eigenvalue weighted by Crippen LogP contribution is -2.16. The van der Waals surface area contributed by atoms with Crippen molar-refractivity contribution in [2.75, 3.05) is 0 Å². The van der Waals surface area contributed by atoms with Gasteiger partial charge in [-0.2, -0.15) is 0 Å². The highest BCUT2D eigenvalue weighted by Gasteiger charge is 2.13. The lowest BCUT2D eigenvalue weighted by molar-refractivity contribution is 0.652. The molecular weight excluding hydrogens is 206 g/mol. The highest BCUT2D eigenvalue weighted by atomic mass is 14.6. The average molecular weight is 233 g/mol. The van der Waals surface area contributed by atoms with Gasteiger partial charge in [0.25, 0.3) is 0 Å². The molecule has 1 heteroatoms. The molecule has 0 spiro atoms.